The number of ether oxygens (including phenoxy) is 1. The van der Waals surface area contributed by atoms with Crippen LogP contribution in [0.3, 0.4) is 0 Å². The van der Waals surface area contributed by atoms with E-state index in [4.69, 9.17) is 19.7 Å². The second-order valence-corrected chi connectivity index (χ2v) is 7.80. The highest BCUT2D eigenvalue weighted by Crippen LogP contribution is 2.35. The van der Waals surface area contributed by atoms with Crippen molar-refractivity contribution < 1.29 is 37.7 Å². The molecule has 1 amide bonds. The average Bonchev–Trinajstić information content (AvgIpc) is 3.22. The van der Waals surface area contributed by atoms with Gasteiger partial charge in [0.2, 0.25) is 11.8 Å². The largest absolute Gasteiger partial charge is 0.480 e. The van der Waals surface area contributed by atoms with E-state index >= 15 is 0 Å². The number of aliphatic carboxylic acids is 1. The summed E-state index contributed by atoms with van der Waals surface area (Å²) in [6.07, 6.45) is -3.13. The number of hydrogen-bond donors (Lipinski definition) is 3. The number of halogens is 3. The minimum absolute atomic E-state index is 0.210. The lowest BCUT2D eigenvalue weighted by atomic mass is 10.1. The topological polar surface area (TPSA) is 135 Å². The highest BCUT2D eigenvalue weighted by Gasteiger charge is 2.30. The number of thiazole rings is 1. The Morgan fingerprint density at radius 2 is 1.80 bits per heavy atom. The zero-order valence-electron chi connectivity index (χ0n) is 17.9. The maximum absolute atomic E-state index is 12.8. The molecule has 2 aromatic carbocycles. The third-order valence-electron chi connectivity index (χ3n) is 4.16. The molecule has 0 atom stereocenters. The van der Waals surface area contributed by atoms with Crippen LogP contribution in [0.25, 0.3) is 21.5 Å². The number of benzene rings is 2. The Kier molecular flexibility index (Phi) is 7.94. The summed E-state index contributed by atoms with van der Waals surface area (Å²) in [7, 11) is 0. The number of anilines is 1. The van der Waals surface area contributed by atoms with Crippen molar-refractivity contribution in [2.75, 3.05) is 11.9 Å². The number of carboxylic acids is 1. The van der Waals surface area contributed by atoms with E-state index in [1.54, 1.807) is 12.1 Å². The van der Waals surface area contributed by atoms with E-state index in [2.05, 4.69) is 20.3 Å². The summed E-state index contributed by atoms with van der Waals surface area (Å²) in [5.41, 5.74) is 0.732. The molecule has 4 rings (SSSR count). The van der Waals surface area contributed by atoms with Gasteiger partial charge in [0, 0.05) is 18.6 Å². The SMILES string of the molecule is CC(=O)Nc1nc2c(Oc3cc(-c4ccc(C(F)(F)F)cc4)ncn3)cccc2s1.O=C(O)CO. The van der Waals surface area contributed by atoms with Crippen LogP contribution in [0.4, 0.5) is 18.3 Å². The van der Waals surface area contributed by atoms with Crippen molar-refractivity contribution in [3.63, 3.8) is 0 Å². The van der Waals surface area contributed by atoms with Gasteiger partial charge in [-0.1, -0.05) is 29.5 Å². The first-order valence-corrected chi connectivity index (χ1v) is 10.6. The van der Waals surface area contributed by atoms with Crippen molar-refractivity contribution >= 4 is 38.6 Å². The van der Waals surface area contributed by atoms with Crippen molar-refractivity contribution in [1.29, 1.82) is 0 Å². The van der Waals surface area contributed by atoms with Crippen LogP contribution in [0.15, 0.2) is 54.9 Å². The highest BCUT2D eigenvalue weighted by atomic mass is 32.1. The predicted octanol–water partition coefficient (Wildman–Crippen LogP) is 4.59. The van der Waals surface area contributed by atoms with Crippen LogP contribution in [0, 0.1) is 0 Å². The summed E-state index contributed by atoms with van der Waals surface area (Å²) in [4.78, 5) is 32.9. The number of carbonyl (C=O) groups is 2. The van der Waals surface area contributed by atoms with Gasteiger partial charge < -0.3 is 20.3 Å². The third-order valence-corrected chi connectivity index (χ3v) is 5.10. The molecule has 2 heterocycles. The van der Waals surface area contributed by atoms with Crippen LogP contribution < -0.4 is 10.1 Å². The molecule has 0 aliphatic heterocycles. The van der Waals surface area contributed by atoms with E-state index in [0.717, 1.165) is 16.8 Å². The Bertz CT molecular complexity index is 1340. The van der Waals surface area contributed by atoms with Crippen molar-refractivity contribution in [3.05, 3.63) is 60.4 Å². The number of aliphatic hydroxyl groups is 1. The predicted molar refractivity (Wildman–Crippen MR) is 121 cm³/mol. The number of nitrogens with one attached hydrogen (secondary N) is 1. The number of alkyl halides is 3. The number of rotatable bonds is 5. The third kappa shape index (κ3) is 6.94. The van der Waals surface area contributed by atoms with E-state index in [-0.39, 0.29) is 11.8 Å². The minimum atomic E-state index is -4.40. The Morgan fingerprint density at radius 3 is 2.40 bits per heavy atom. The van der Waals surface area contributed by atoms with E-state index in [1.807, 2.05) is 6.07 Å². The Morgan fingerprint density at radius 1 is 1.11 bits per heavy atom. The quantitative estimate of drug-likeness (QED) is 0.358. The normalized spacial score (nSPS) is 10.9. The van der Waals surface area contributed by atoms with Crippen molar-refractivity contribution in [3.8, 4) is 22.9 Å². The molecule has 0 aliphatic rings. The highest BCUT2D eigenvalue weighted by molar-refractivity contribution is 7.22. The molecule has 2 aromatic heterocycles. The van der Waals surface area contributed by atoms with Gasteiger partial charge >= 0.3 is 12.1 Å². The molecule has 182 valence electrons. The summed E-state index contributed by atoms with van der Waals surface area (Å²) < 4.78 is 44.9. The Labute approximate surface area is 199 Å². The number of carboxylic acid groups (broad SMARTS) is 1. The van der Waals surface area contributed by atoms with Crippen molar-refractivity contribution in [2.45, 2.75) is 13.1 Å². The lowest BCUT2D eigenvalue weighted by Crippen LogP contribution is -2.04. The molecular formula is C22H17F3N4O5S. The molecule has 3 N–H and O–H groups in total. The molecule has 0 fully saturated rings. The van der Waals surface area contributed by atoms with Gasteiger partial charge in [0.25, 0.3) is 0 Å². The molecule has 35 heavy (non-hydrogen) atoms. The van der Waals surface area contributed by atoms with Gasteiger partial charge in [-0.25, -0.2) is 19.7 Å². The molecule has 13 heteroatoms. The van der Waals surface area contributed by atoms with Crippen LogP contribution >= 0.6 is 11.3 Å². The van der Waals surface area contributed by atoms with Crippen LogP contribution in [0.2, 0.25) is 0 Å². The first-order valence-electron chi connectivity index (χ1n) is 9.74. The number of nitrogens with zero attached hydrogens (tertiary/aromatic N) is 3. The molecule has 0 aliphatic carbocycles. The maximum Gasteiger partial charge on any atom is 0.416 e. The number of amides is 1. The smallest absolute Gasteiger partial charge is 0.416 e. The number of para-hydroxylation sites is 1. The van der Waals surface area contributed by atoms with Gasteiger partial charge in [0.05, 0.1) is 16.0 Å². The second-order valence-electron chi connectivity index (χ2n) is 6.77. The van der Waals surface area contributed by atoms with Gasteiger partial charge in [-0.3, -0.25) is 4.79 Å². The van der Waals surface area contributed by atoms with E-state index in [9.17, 15) is 18.0 Å². The van der Waals surface area contributed by atoms with Gasteiger partial charge in [0.15, 0.2) is 10.9 Å². The van der Waals surface area contributed by atoms with Gasteiger partial charge in [-0.15, -0.1) is 0 Å². The van der Waals surface area contributed by atoms with E-state index in [0.29, 0.717) is 27.7 Å². The molecule has 0 saturated carbocycles. The summed E-state index contributed by atoms with van der Waals surface area (Å²) in [5.74, 6) is -0.780. The first kappa shape index (κ1) is 25.5. The molecule has 9 nitrogen and oxygen atoms in total. The molecular weight excluding hydrogens is 489 g/mol. The number of hydrogen-bond acceptors (Lipinski definition) is 8. The first-order chi connectivity index (χ1) is 16.6. The second kappa shape index (κ2) is 10.9. The molecule has 0 spiro atoms. The van der Waals surface area contributed by atoms with Gasteiger partial charge in [0.1, 0.15) is 18.5 Å². The summed E-state index contributed by atoms with van der Waals surface area (Å²) in [6, 6.07) is 11.5. The number of carbonyl (C=O) groups excluding carboxylic acids is 1. The average molecular weight is 506 g/mol. The molecule has 0 bridgehead atoms. The van der Waals surface area contributed by atoms with Crippen LogP contribution in [-0.2, 0) is 15.8 Å². The maximum atomic E-state index is 12.8. The number of aliphatic hydroxyl groups excluding tert-OH is 1. The van der Waals surface area contributed by atoms with Gasteiger partial charge in [-0.05, 0) is 24.3 Å². The van der Waals surface area contributed by atoms with E-state index < -0.39 is 24.3 Å². The fourth-order valence-corrected chi connectivity index (χ4v) is 3.63. The number of aromatic nitrogens is 3. The summed E-state index contributed by atoms with van der Waals surface area (Å²) >= 11 is 1.31. The fraction of sp³-hybridized carbons (Fsp3) is 0.136. The number of fused-ring (bicyclic) bond motifs is 1. The van der Waals surface area contributed by atoms with Crippen LogP contribution in [0.5, 0.6) is 11.6 Å². The van der Waals surface area contributed by atoms with E-state index in [1.165, 1.54) is 42.8 Å². The lowest BCUT2D eigenvalue weighted by Gasteiger charge is -2.09. The molecule has 0 unspecified atom stereocenters. The lowest BCUT2D eigenvalue weighted by molar-refractivity contribution is -0.140. The van der Waals surface area contributed by atoms with Gasteiger partial charge in [-0.2, -0.15) is 13.2 Å². The fourth-order valence-electron chi connectivity index (χ4n) is 2.71. The zero-order chi connectivity index (χ0) is 25.6. The molecule has 0 saturated heterocycles. The summed E-state index contributed by atoms with van der Waals surface area (Å²) in [5, 5.41) is 18.1. The Balaban J connectivity index is 0.000000623. The molecule has 4 aromatic rings. The summed E-state index contributed by atoms with van der Waals surface area (Å²) in [6.45, 7) is 0.618. The monoisotopic (exact) mass is 506 g/mol. The van der Waals surface area contributed by atoms with Crippen LogP contribution in [-0.4, -0.2) is 43.6 Å². The van der Waals surface area contributed by atoms with Crippen molar-refractivity contribution in [2.24, 2.45) is 0 Å². The zero-order valence-corrected chi connectivity index (χ0v) is 18.7. The van der Waals surface area contributed by atoms with Crippen LogP contribution in [0.1, 0.15) is 12.5 Å². The standard InChI is InChI=1S/C20H13F3N4O2S.C2H4O3/c1-11(28)26-19-27-18-15(3-2-4-16(18)30-19)29-17-9-14(24-10-25-17)12-5-7-13(8-6-12)20(21,22)23;3-1-2(4)5/h2-10H,1H3,(H,26,27,28);3H,1H2,(H,4,5). The molecule has 0 radical (unpaired) electrons. The Hall–Kier alpha value is -4.10. The van der Waals surface area contributed by atoms with Crippen molar-refractivity contribution in [1.82, 2.24) is 15.0 Å². The minimum Gasteiger partial charge on any atom is -0.480 e.